The van der Waals surface area contributed by atoms with Crippen molar-refractivity contribution in [2.75, 3.05) is 10.6 Å². The number of carbonyl (C=O) groups is 1. The molecule has 3 rings (SSSR count). The fraction of sp³-hybridized carbons (Fsp3) is 0.100. The third kappa shape index (κ3) is 4.45. The van der Waals surface area contributed by atoms with Crippen LogP contribution in [0.3, 0.4) is 0 Å². The largest absolute Gasteiger partial charge is 0.354 e. The predicted molar refractivity (Wildman–Crippen MR) is 106 cm³/mol. The van der Waals surface area contributed by atoms with Gasteiger partial charge < -0.3 is 10.6 Å². The highest BCUT2D eigenvalue weighted by atomic mass is 79.9. The average Bonchev–Trinajstić information content (AvgIpc) is 2.60. The van der Waals surface area contributed by atoms with Gasteiger partial charge in [0.25, 0.3) is 5.91 Å². The molecule has 0 spiro atoms. The van der Waals surface area contributed by atoms with Gasteiger partial charge in [0.2, 0.25) is 0 Å². The molecule has 2 N–H and O–H groups in total. The maximum atomic E-state index is 12.4. The molecule has 0 fully saturated rings. The lowest BCUT2D eigenvalue weighted by Crippen LogP contribution is -2.12. The number of halogens is 1. The Balaban J connectivity index is 1.75. The molecule has 0 bridgehead atoms. The number of hydrogen-bond acceptors (Lipinski definition) is 3. The van der Waals surface area contributed by atoms with Crippen LogP contribution < -0.4 is 10.6 Å². The summed E-state index contributed by atoms with van der Waals surface area (Å²) in [5.41, 5.74) is 5.42. The summed E-state index contributed by atoms with van der Waals surface area (Å²) in [6.45, 7) is 4.15. The number of anilines is 3. The maximum Gasteiger partial charge on any atom is 0.257 e. The number of pyridine rings is 1. The van der Waals surface area contributed by atoms with Crippen molar-refractivity contribution in [3.8, 4) is 0 Å². The van der Waals surface area contributed by atoms with Gasteiger partial charge in [-0.3, -0.25) is 9.78 Å². The quantitative estimate of drug-likeness (QED) is 0.616. The topological polar surface area (TPSA) is 54.0 Å². The molecule has 0 saturated heterocycles. The molecule has 0 aliphatic carbocycles. The van der Waals surface area contributed by atoms with Crippen molar-refractivity contribution in [3.63, 3.8) is 0 Å². The zero-order valence-corrected chi connectivity index (χ0v) is 15.6. The fourth-order valence-electron chi connectivity index (χ4n) is 2.35. The first kappa shape index (κ1) is 17.2. The van der Waals surface area contributed by atoms with E-state index < -0.39 is 0 Å². The molecule has 0 aliphatic heterocycles. The van der Waals surface area contributed by atoms with E-state index in [1.54, 1.807) is 18.5 Å². The Morgan fingerprint density at radius 2 is 1.60 bits per heavy atom. The lowest BCUT2D eigenvalue weighted by atomic mass is 10.1. The predicted octanol–water partition coefficient (Wildman–Crippen LogP) is 5.46. The lowest BCUT2D eigenvalue weighted by Gasteiger charge is -2.10. The van der Waals surface area contributed by atoms with Gasteiger partial charge in [0.05, 0.1) is 17.4 Å². The highest BCUT2D eigenvalue weighted by molar-refractivity contribution is 9.10. The second-order valence-corrected chi connectivity index (χ2v) is 6.76. The normalized spacial score (nSPS) is 10.4. The van der Waals surface area contributed by atoms with E-state index in [1.165, 1.54) is 11.1 Å². The number of nitrogens with zero attached hydrogens (tertiary/aromatic N) is 1. The van der Waals surface area contributed by atoms with Gasteiger partial charge in [0.1, 0.15) is 0 Å². The standard InChI is InChI=1S/C20H18BrN3O/c1-13-3-6-18(9-14(13)2)23-19-10-15(11-22-12-19)20(25)24-17-7-4-16(21)5-8-17/h3-12,23H,1-2H3,(H,24,25). The number of rotatable bonds is 4. The van der Waals surface area contributed by atoms with E-state index in [0.29, 0.717) is 5.56 Å². The molecule has 3 aromatic rings. The van der Waals surface area contributed by atoms with E-state index in [9.17, 15) is 4.79 Å². The van der Waals surface area contributed by atoms with Crippen LogP contribution in [0, 0.1) is 13.8 Å². The molecular formula is C20H18BrN3O. The molecular weight excluding hydrogens is 378 g/mol. The molecule has 1 heterocycles. The zero-order chi connectivity index (χ0) is 17.8. The van der Waals surface area contributed by atoms with Crippen LogP contribution in [0.15, 0.2) is 65.4 Å². The summed E-state index contributed by atoms with van der Waals surface area (Å²) in [7, 11) is 0. The Labute approximate surface area is 155 Å². The summed E-state index contributed by atoms with van der Waals surface area (Å²) in [6.07, 6.45) is 3.26. The Morgan fingerprint density at radius 3 is 2.32 bits per heavy atom. The number of hydrogen-bond donors (Lipinski definition) is 2. The minimum atomic E-state index is -0.196. The van der Waals surface area contributed by atoms with Crippen molar-refractivity contribution in [2.45, 2.75) is 13.8 Å². The SMILES string of the molecule is Cc1ccc(Nc2cncc(C(=O)Nc3ccc(Br)cc3)c2)cc1C. The van der Waals surface area contributed by atoms with Crippen LogP contribution in [0.5, 0.6) is 0 Å². The summed E-state index contributed by atoms with van der Waals surface area (Å²) in [5, 5.41) is 6.16. The van der Waals surface area contributed by atoms with Crippen LogP contribution in [-0.4, -0.2) is 10.9 Å². The monoisotopic (exact) mass is 395 g/mol. The van der Waals surface area contributed by atoms with Crippen molar-refractivity contribution < 1.29 is 4.79 Å². The van der Waals surface area contributed by atoms with Gasteiger partial charge in [0.15, 0.2) is 0 Å². The van der Waals surface area contributed by atoms with E-state index in [4.69, 9.17) is 0 Å². The van der Waals surface area contributed by atoms with Gasteiger partial charge in [-0.2, -0.15) is 0 Å². The maximum absolute atomic E-state index is 12.4. The number of aromatic nitrogens is 1. The van der Waals surface area contributed by atoms with Crippen molar-refractivity contribution in [2.24, 2.45) is 0 Å². The van der Waals surface area contributed by atoms with Crippen molar-refractivity contribution in [1.82, 2.24) is 4.98 Å². The summed E-state index contributed by atoms with van der Waals surface area (Å²) < 4.78 is 0.965. The second kappa shape index (κ2) is 7.49. The molecule has 0 atom stereocenters. The van der Waals surface area contributed by atoms with Crippen molar-refractivity contribution in [1.29, 1.82) is 0 Å². The summed E-state index contributed by atoms with van der Waals surface area (Å²) in [6, 6.07) is 15.4. The second-order valence-electron chi connectivity index (χ2n) is 5.85. The minimum Gasteiger partial charge on any atom is -0.354 e. The number of benzene rings is 2. The Kier molecular flexibility index (Phi) is 5.14. The molecule has 4 nitrogen and oxygen atoms in total. The molecule has 25 heavy (non-hydrogen) atoms. The van der Waals surface area contributed by atoms with E-state index in [-0.39, 0.29) is 5.91 Å². The van der Waals surface area contributed by atoms with Gasteiger partial charge in [-0.1, -0.05) is 22.0 Å². The third-order valence-electron chi connectivity index (χ3n) is 3.90. The summed E-state index contributed by atoms with van der Waals surface area (Å²) in [4.78, 5) is 16.6. The molecule has 0 saturated carbocycles. The van der Waals surface area contributed by atoms with Gasteiger partial charge in [-0.05, 0) is 67.4 Å². The first-order valence-electron chi connectivity index (χ1n) is 7.87. The number of aryl methyl sites for hydroxylation is 2. The number of amides is 1. The van der Waals surface area contributed by atoms with Gasteiger partial charge in [-0.25, -0.2) is 0 Å². The average molecular weight is 396 g/mol. The highest BCUT2D eigenvalue weighted by Gasteiger charge is 2.08. The van der Waals surface area contributed by atoms with E-state index >= 15 is 0 Å². The number of carbonyl (C=O) groups excluding carboxylic acids is 1. The smallest absolute Gasteiger partial charge is 0.257 e. The van der Waals surface area contributed by atoms with Crippen LogP contribution in [-0.2, 0) is 0 Å². The Morgan fingerprint density at radius 1 is 0.880 bits per heavy atom. The van der Waals surface area contributed by atoms with Crippen LogP contribution in [0.25, 0.3) is 0 Å². The van der Waals surface area contributed by atoms with E-state index in [2.05, 4.69) is 57.5 Å². The minimum absolute atomic E-state index is 0.196. The van der Waals surface area contributed by atoms with Gasteiger partial charge in [0, 0.05) is 22.0 Å². The molecule has 0 aliphatic rings. The third-order valence-corrected chi connectivity index (χ3v) is 4.43. The molecule has 0 radical (unpaired) electrons. The molecule has 2 aromatic carbocycles. The number of nitrogens with one attached hydrogen (secondary N) is 2. The first-order chi connectivity index (χ1) is 12.0. The molecule has 126 valence electrons. The zero-order valence-electron chi connectivity index (χ0n) is 14.0. The van der Waals surface area contributed by atoms with Crippen LogP contribution >= 0.6 is 15.9 Å². The molecule has 1 amide bonds. The van der Waals surface area contributed by atoms with E-state index in [0.717, 1.165) is 21.5 Å². The Hall–Kier alpha value is -2.66. The molecule has 1 aromatic heterocycles. The van der Waals surface area contributed by atoms with Gasteiger partial charge in [-0.15, -0.1) is 0 Å². The van der Waals surface area contributed by atoms with E-state index in [1.807, 2.05) is 30.3 Å². The van der Waals surface area contributed by atoms with Crippen LogP contribution in [0.1, 0.15) is 21.5 Å². The van der Waals surface area contributed by atoms with Crippen molar-refractivity contribution in [3.05, 3.63) is 82.1 Å². The fourth-order valence-corrected chi connectivity index (χ4v) is 2.62. The van der Waals surface area contributed by atoms with Gasteiger partial charge >= 0.3 is 0 Å². The van der Waals surface area contributed by atoms with Crippen LogP contribution in [0.2, 0.25) is 0 Å². The summed E-state index contributed by atoms with van der Waals surface area (Å²) >= 11 is 3.38. The van der Waals surface area contributed by atoms with Crippen LogP contribution in [0.4, 0.5) is 17.1 Å². The van der Waals surface area contributed by atoms with Crippen molar-refractivity contribution >= 4 is 38.9 Å². The first-order valence-corrected chi connectivity index (χ1v) is 8.67. The lowest BCUT2D eigenvalue weighted by molar-refractivity contribution is 0.102. The highest BCUT2D eigenvalue weighted by Crippen LogP contribution is 2.20. The Bertz CT molecular complexity index is 907. The summed E-state index contributed by atoms with van der Waals surface area (Å²) in [5.74, 6) is -0.196. The molecule has 0 unspecified atom stereocenters. The molecule has 5 heteroatoms.